The average molecular weight is 345 g/mol. The van der Waals surface area contributed by atoms with Crippen LogP contribution in [0.15, 0.2) is 41.8 Å². The Hall–Kier alpha value is -2.18. The van der Waals surface area contributed by atoms with Crippen molar-refractivity contribution >= 4 is 23.2 Å². The largest absolute Gasteiger partial charge is 0.368 e. The summed E-state index contributed by atoms with van der Waals surface area (Å²) in [7, 11) is 0. The van der Waals surface area contributed by atoms with E-state index in [9.17, 15) is 9.59 Å². The molecular weight excluding hydrogens is 322 g/mol. The number of nitrogens with two attached hydrogens (primary N) is 1. The molecule has 0 fully saturated rings. The van der Waals surface area contributed by atoms with Crippen LogP contribution in [0.4, 0.5) is 0 Å². The van der Waals surface area contributed by atoms with Crippen molar-refractivity contribution in [1.29, 1.82) is 0 Å². The van der Waals surface area contributed by atoms with Gasteiger partial charge in [-0.25, -0.2) is 0 Å². The summed E-state index contributed by atoms with van der Waals surface area (Å²) in [5.41, 5.74) is 7.41. The maximum atomic E-state index is 11.8. The molecular formula is C18H23N3O2S. The molecule has 1 aromatic carbocycles. The first-order valence-electron chi connectivity index (χ1n) is 7.89. The molecule has 0 aliphatic carbocycles. The van der Waals surface area contributed by atoms with Gasteiger partial charge in [0.25, 0.3) is 0 Å². The van der Waals surface area contributed by atoms with Gasteiger partial charge < -0.3 is 11.1 Å². The topological polar surface area (TPSA) is 84.2 Å². The summed E-state index contributed by atoms with van der Waals surface area (Å²) in [4.78, 5) is 23.7. The maximum absolute atomic E-state index is 11.8. The summed E-state index contributed by atoms with van der Waals surface area (Å²) >= 11 is 1.64. The lowest BCUT2D eigenvalue weighted by Gasteiger charge is -2.18. The molecule has 0 radical (unpaired) electrons. The Labute approximate surface area is 146 Å². The van der Waals surface area contributed by atoms with E-state index in [1.165, 1.54) is 5.56 Å². The molecule has 0 saturated heterocycles. The molecule has 2 amide bonds. The third kappa shape index (κ3) is 5.18. The van der Waals surface area contributed by atoms with Crippen molar-refractivity contribution in [3.63, 3.8) is 0 Å². The van der Waals surface area contributed by atoms with Gasteiger partial charge >= 0.3 is 0 Å². The fourth-order valence-corrected chi connectivity index (χ4v) is 3.18. The zero-order chi connectivity index (χ0) is 17.5. The van der Waals surface area contributed by atoms with E-state index < -0.39 is 5.91 Å². The number of rotatable bonds is 8. The van der Waals surface area contributed by atoms with Gasteiger partial charge in [0.05, 0.1) is 19.1 Å². The highest BCUT2D eigenvalue weighted by atomic mass is 32.1. The van der Waals surface area contributed by atoms with Crippen LogP contribution < -0.4 is 16.4 Å². The van der Waals surface area contributed by atoms with Crippen molar-refractivity contribution in [2.45, 2.75) is 25.8 Å². The molecule has 6 heteroatoms. The van der Waals surface area contributed by atoms with Crippen molar-refractivity contribution in [3.05, 3.63) is 57.8 Å². The maximum Gasteiger partial charge on any atom is 0.236 e. The molecule has 0 spiro atoms. The van der Waals surface area contributed by atoms with Crippen LogP contribution in [-0.2, 0) is 9.59 Å². The van der Waals surface area contributed by atoms with E-state index >= 15 is 0 Å². The summed E-state index contributed by atoms with van der Waals surface area (Å²) in [6.45, 7) is 4.29. The minimum absolute atomic E-state index is 0.0643. The molecule has 24 heavy (non-hydrogen) atoms. The Morgan fingerprint density at radius 2 is 1.75 bits per heavy atom. The number of primary amides is 1. The van der Waals surface area contributed by atoms with Crippen molar-refractivity contribution in [1.82, 2.24) is 10.6 Å². The smallest absolute Gasteiger partial charge is 0.236 e. The number of hydrogen-bond donors (Lipinski definition) is 3. The lowest BCUT2D eigenvalue weighted by atomic mass is 9.98. The third-order valence-electron chi connectivity index (χ3n) is 3.69. The van der Waals surface area contributed by atoms with E-state index in [0.29, 0.717) is 5.92 Å². The second-order valence-electron chi connectivity index (χ2n) is 5.89. The molecule has 4 N–H and O–H groups in total. The van der Waals surface area contributed by atoms with Gasteiger partial charge in [0, 0.05) is 4.88 Å². The Kier molecular flexibility index (Phi) is 6.52. The fourth-order valence-electron chi connectivity index (χ4n) is 2.35. The van der Waals surface area contributed by atoms with Crippen molar-refractivity contribution < 1.29 is 9.59 Å². The number of thiophene rings is 1. The predicted molar refractivity (Wildman–Crippen MR) is 96.9 cm³/mol. The van der Waals surface area contributed by atoms with Gasteiger partial charge in [-0.1, -0.05) is 44.2 Å². The highest BCUT2D eigenvalue weighted by Gasteiger charge is 2.16. The molecule has 1 atom stereocenters. The van der Waals surface area contributed by atoms with E-state index in [-0.39, 0.29) is 25.0 Å². The van der Waals surface area contributed by atoms with Crippen molar-refractivity contribution in [2.24, 2.45) is 5.73 Å². The van der Waals surface area contributed by atoms with Gasteiger partial charge in [-0.05, 0) is 28.5 Å². The summed E-state index contributed by atoms with van der Waals surface area (Å²) in [5.74, 6) is -0.330. The zero-order valence-electron chi connectivity index (χ0n) is 13.9. The summed E-state index contributed by atoms with van der Waals surface area (Å²) < 4.78 is 0. The second kappa shape index (κ2) is 8.61. The highest BCUT2D eigenvalue weighted by molar-refractivity contribution is 7.10. The zero-order valence-corrected chi connectivity index (χ0v) is 14.7. The van der Waals surface area contributed by atoms with E-state index in [1.54, 1.807) is 11.3 Å². The Morgan fingerprint density at radius 3 is 2.29 bits per heavy atom. The van der Waals surface area contributed by atoms with Crippen LogP contribution in [0.1, 0.15) is 41.8 Å². The second-order valence-corrected chi connectivity index (χ2v) is 6.87. The van der Waals surface area contributed by atoms with Gasteiger partial charge in [0.2, 0.25) is 11.8 Å². The molecule has 5 nitrogen and oxygen atoms in total. The van der Waals surface area contributed by atoms with Crippen molar-refractivity contribution in [3.8, 4) is 0 Å². The molecule has 1 aromatic heterocycles. The fraction of sp³-hybridized carbons (Fsp3) is 0.333. The van der Waals surface area contributed by atoms with Crippen LogP contribution in [-0.4, -0.2) is 24.9 Å². The lowest BCUT2D eigenvalue weighted by molar-refractivity contribution is -0.124. The van der Waals surface area contributed by atoms with Crippen LogP contribution in [0.2, 0.25) is 0 Å². The number of amides is 2. The lowest BCUT2D eigenvalue weighted by Crippen LogP contribution is -2.39. The van der Waals surface area contributed by atoms with Crippen LogP contribution >= 0.6 is 11.3 Å². The Morgan fingerprint density at radius 1 is 1.08 bits per heavy atom. The predicted octanol–water partition coefficient (Wildman–Crippen LogP) is 2.15. The molecule has 0 unspecified atom stereocenters. The first-order valence-corrected chi connectivity index (χ1v) is 8.77. The monoisotopic (exact) mass is 345 g/mol. The summed E-state index contributed by atoms with van der Waals surface area (Å²) in [5, 5.41) is 7.76. The van der Waals surface area contributed by atoms with Crippen LogP contribution in [0.3, 0.4) is 0 Å². The highest BCUT2D eigenvalue weighted by Crippen LogP contribution is 2.27. The molecule has 1 heterocycles. The standard InChI is InChI=1S/C18H23N3O2S/c1-12(2)13-5-7-14(8-6-13)18(15-4-3-9-24-15)21-11-17(23)20-10-16(19)22/h3-9,12,18,21H,10-11H2,1-2H3,(H2,19,22)(H,20,23)/t18-/m1/s1. The van der Waals surface area contributed by atoms with Gasteiger partial charge in [0.1, 0.15) is 0 Å². The molecule has 0 bridgehead atoms. The van der Waals surface area contributed by atoms with E-state index in [1.807, 2.05) is 17.5 Å². The molecule has 128 valence electrons. The summed E-state index contributed by atoms with van der Waals surface area (Å²) in [6.07, 6.45) is 0. The van der Waals surface area contributed by atoms with E-state index in [2.05, 4.69) is 48.7 Å². The number of carbonyl (C=O) groups is 2. The summed E-state index contributed by atoms with van der Waals surface area (Å²) in [6, 6.07) is 12.4. The quantitative estimate of drug-likeness (QED) is 0.685. The number of nitrogens with one attached hydrogen (secondary N) is 2. The third-order valence-corrected chi connectivity index (χ3v) is 4.63. The number of carbonyl (C=O) groups excluding carboxylic acids is 2. The van der Waals surface area contributed by atoms with Crippen LogP contribution in [0.25, 0.3) is 0 Å². The van der Waals surface area contributed by atoms with E-state index in [0.717, 1.165) is 10.4 Å². The molecule has 0 saturated carbocycles. The Balaban J connectivity index is 2.08. The normalized spacial score (nSPS) is 12.1. The van der Waals surface area contributed by atoms with Gasteiger partial charge in [-0.2, -0.15) is 0 Å². The van der Waals surface area contributed by atoms with Gasteiger partial charge in [0.15, 0.2) is 0 Å². The SMILES string of the molecule is CC(C)c1ccc([C@@H](NCC(=O)NCC(N)=O)c2cccs2)cc1. The van der Waals surface area contributed by atoms with Gasteiger partial charge in [-0.15, -0.1) is 11.3 Å². The van der Waals surface area contributed by atoms with Gasteiger partial charge in [-0.3, -0.25) is 14.9 Å². The van der Waals surface area contributed by atoms with Crippen molar-refractivity contribution in [2.75, 3.05) is 13.1 Å². The first-order chi connectivity index (χ1) is 11.5. The average Bonchev–Trinajstić information content (AvgIpc) is 3.08. The number of benzene rings is 1. The van der Waals surface area contributed by atoms with Crippen LogP contribution in [0.5, 0.6) is 0 Å². The van der Waals surface area contributed by atoms with E-state index in [4.69, 9.17) is 5.73 Å². The van der Waals surface area contributed by atoms with Crippen LogP contribution in [0, 0.1) is 0 Å². The molecule has 0 aliphatic heterocycles. The minimum atomic E-state index is -0.553. The number of hydrogen-bond acceptors (Lipinski definition) is 4. The minimum Gasteiger partial charge on any atom is -0.368 e. The molecule has 2 aromatic rings. The molecule has 2 rings (SSSR count). The molecule has 0 aliphatic rings. The Bertz CT molecular complexity index is 666. The first kappa shape index (κ1) is 18.2.